The van der Waals surface area contributed by atoms with Crippen LogP contribution in [0.2, 0.25) is 0 Å². The molecule has 3 heteroatoms. The van der Waals surface area contributed by atoms with Crippen molar-refractivity contribution in [3.8, 4) is 0 Å². The van der Waals surface area contributed by atoms with Crippen LogP contribution in [0.15, 0.2) is 28.7 Å². The standard InChI is InChI=1S/C14H21BrO2/c1-3-11(2)8-14(9-16,10-17)12-5-4-6-13(15)7-12/h4-7,11,16-17H,3,8-10H2,1-2H3. The molecule has 1 aromatic carbocycles. The van der Waals surface area contributed by atoms with Crippen LogP contribution in [0.1, 0.15) is 32.3 Å². The summed E-state index contributed by atoms with van der Waals surface area (Å²) in [6.45, 7) is 4.23. The molecule has 0 bridgehead atoms. The molecule has 0 aliphatic heterocycles. The molecular weight excluding hydrogens is 280 g/mol. The summed E-state index contributed by atoms with van der Waals surface area (Å²) in [5.41, 5.74) is 0.469. The van der Waals surface area contributed by atoms with Crippen LogP contribution in [0.4, 0.5) is 0 Å². The molecule has 0 fully saturated rings. The first-order valence-corrected chi connectivity index (χ1v) is 6.85. The minimum absolute atomic E-state index is 0.0235. The lowest BCUT2D eigenvalue weighted by atomic mass is 9.75. The van der Waals surface area contributed by atoms with Gasteiger partial charge in [-0.05, 0) is 30.0 Å². The van der Waals surface area contributed by atoms with Crippen LogP contribution in [-0.4, -0.2) is 23.4 Å². The van der Waals surface area contributed by atoms with E-state index in [0.29, 0.717) is 5.92 Å². The van der Waals surface area contributed by atoms with Crippen LogP contribution in [-0.2, 0) is 5.41 Å². The molecule has 96 valence electrons. The fourth-order valence-corrected chi connectivity index (χ4v) is 2.51. The second-order valence-electron chi connectivity index (χ2n) is 4.82. The second-order valence-corrected chi connectivity index (χ2v) is 5.74. The molecule has 0 aliphatic carbocycles. The van der Waals surface area contributed by atoms with Gasteiger partial charge in [0.25, 0.3) is 0 Å². The number of hydrogen-bond acceptors (Lipinski definition) is 2. The maximum absolute atomic E-state index is 9.69. The molecule has 17 heavy (non-hydrogen) atoms. The Hall–Kier alpha value is -0.380. The Labute approximate surface area is 112 Å². The predicted molar refractivity (Wildman–Crippen MR) is 74.1 cm³/mol. The third-order valence-corrected chi connectivity index (χ3v) is 3.97. The third kappa shape index (κ3) is 3.54. The van der Waals surface area contributed by atoms with Crippen LogP contribution >= 0.6 is 15.9 Å². The summed E-state index contributed by atoms with van der Waals surface area (Å²) in [5, 5.41) is 19.4. The summed E-state index contributed by atoms with van der Waals surface area (Å²) in [5.74, 6) is 0.480. The molecule has 1 aromatic rings. The zero-order valence-corrected chi connectivity index (χ0v) is 12.1. The van der Waals surface area contributed by atoms with Crippen molar-refractivity contribution in [3.63, 3.8) is 0 Å². The number of aliphatic hydroxyl groups is 2. The zero-order chi connectivity index (χ0) is 12.9. The zero-order valence-electron chi connectivity index (χ0n) is 10.5. The quantitative estimate of drug-likeness (QED) is 0.847. The van der Waals surface area contributed by atoms with E-state index < -0.39 is 5.41 Å². The van der Waals surface area contributed by atoms with Crippen LogP contribution in [0.3, 0.4) is 0 Å². The topological polar surface area (TPSA) is 40.5 Å². The Morgan fingerprint density at radius 2 is 1.94 bits per heavy atom. The SMILES string of the molecule is CCC(C)CC(CO)(CO)c1cccc(Br)c1. The highest BCUT2D eigenvalue weighted by Gasteiger charge is 2.32. The van der Waals surface area contributed by atoms with E-state index in [1.807, 2.05) is 24.3 Å². The third-order valence-electron chi connectivity index (χ3n) is 3.48. The molecule has 1 atom stereocenters. The van der Waals surface area contributed by atoms with E-state index in [1.54, 1.807) is 0 Å². The summed E-state index contributed by atoms with van der Waals surface area (Å²) in [6, 6.07) is 7.84. The van der Waals surface area contributed by atoms with Crippen molar-refractivity contribution in [1.29, 1.82) is 0 Å². The van der Waals surface area contributed by atoms with Gasteiger partial charge in [0, 0.05) is 9.89 Å². The van der Waals surface area contributed by atoms with Crippen molar-refractivity contribution in [1.82, 2.24) is 0 Å². The Morgan fingerprint density at radius 1 is 1.29 bits per heavy atom. The Kier molecular flexibility index (Phi) is 5.63. The molecule has 1 rings (SSSR count). The summed E-state index contributed by atoms with van der Waals surface area (Å²) in [4.78, 5) is 0. The van der Waals surface area contributed by atoms with Crippen molar-refractivity contribution >= 4 is 15.9 Å². The van der Waals surface area contributed by atoms with Crippen molar-refractivity contribution in [2.24, 2.45) is 5.92 Å². The fourth-order valence-electron chi connectivity index (χ4n) is 2.11. The molecule has 0 radical (unpaired) electrons. The predicted octanol–water partition coefficient (Wildman–Crippen LogP) is 3.11. The van der Waals surface area contributed by atoms with Gasteiger partial charge >= 0.3 is 0 Å². The highest BCUT2D eigenvalue weighted by molar-refractivity contribution is 9.10. The van der Waals surface area contributed by atoms with E-state index in [0.717, 1.165) is 22.9 Å². The van der Waals surface area contributed by atoms with Gasteiger partial charge in [-0.15, -0.1) is 0 Å². The van der Waals surface area contributed by atoms with E-state index >= 15 is 0 Å². The number of benzene rings is 1. The fraction of sp³-hybridized carbons (Fsp3) is 0.571. The number of hydrogen-bond donors (Lipinski definition) is 2. The molecule has 0 heterocycles. The maximum atomic E-state index is 9.69. The van der Waals surface area contributed by atoms with Gasteiger partial charge in [-0.2, -0.15) is 0 Å². The average molecular weight is 301 g/mol. The minimum atomic E-state index is -0.529. The van der Waals surface area contributed by atoms with E-state index in [2.05, 4.69) is 29.8 Å². The van der Waals surface area contributed by atoms with Gasteiger partial charge in [-0.25, -0.2) is 0 Å². The van der Waals surface area contributed by atoms with E-state index in [-0.39, 0.29) is 13.2 Å². The van der Waals surface area contributed by atoms with Gasteiger partial charge in [-0.3, -0.25) is 0 Å². The lowest BCUT2D eigenvalue weighted by Gasteiger charge is -2.33. The first kappa shape index (κ1) is 14.7. The number of aliphatic hydroxyl groups excluding tert-OH is 2. The van der Waals surface area contributed by atoms with Gasteiger partial charge in [0.1, 0.15) is 0 Å². The average Bonchev–Trinajstić information content (AvgIpc) is 2.35. The summed E-state index contributed by atoms with van der Waals surface area (Å²) in [6.07, 6.45) is 1.85. The summed E-state index contributed by atoms with van der Waals surface area (Å²) < 4.78 is 0.977. The Morgan fingerprint density at radius 3 is 2.41 bits per heavy atom. The molecule has 1 unspecified atom stereocenters. The van der Waals surface area contributed by atoms with Crippen LogP contribution in [0.25, 0.3) is 0 Å². The second kappa shape index (κ2) is 6.53. The van der Waals surface area contributed by atoms with Gasteiger partial charge < -0.3 is 10.2 Å². The lowest BCUT2D eigenvalue weighted by molar-refractivity contribution is 0.0964. The van der Waals surface area contributed by atoms with Crippen LogP contribution in [0.5, 0.6) is 0 Å². The molecule has 0 amide bonds. The molecule has 0 spiro atoms. The Balaban J connectivity index is 3.06. The van der Waals surface area contributed by atoms with Gasteiger partial charge in [-0.1, -0.05) is 48.3 Å². The van der Waals surface area contributed by atoms with Crippen molar-refractivity contribution in [2.45, 2.75) is 32.1 Å². The van der Waals surface area contributed by atoms with Gasteiger partial charge in [0.05, 0.1) is 13.2 Å². The van der Waals surface area contributed by atoms with E-state index in [4.69, 9.17) is 0 Å². The minimum Gasteiger partial charge on any atom is -0.395 e. The Bertz CT molecular complexity index is 348. The smallest absolute Gasteiger partial charge is 0.0550 e. The number of halogens is 1. The molecule has 0 aliphatic rings. The number of rotatable bonds is 6. The van der Waals surface area contributed by atoms with Gasteiger partial charge in [0.2, 0.25) is 0 Å². The first-order chi connectivity index (χ1) is 8.07. The first-order valence-electron chi connectivity index (χ1n) is 6.05. The molecular formula is C14H21BrO2. The largest absolute Gasteiger partial charge is 0.395 e. The normalized spacial score (nSPS) is 13.7. The maximum Gasteiger partial charge on any atom is 0.0550 e. The molecule has 0 saturated carbocycles. The molecule has 2 nitrogen and oxygen atoms in total. The molecule has 0 saturated heterocycles. The van der Waals surface area contributed by atoms with Crippen LogP contribution < -0.4 is 0 Å². The van der Waals surface area contributed by atoms with Crippen molar-refractivity contribution < 1.29 is 10.2 Å². The monoisotopic (exact) mass is 300 g/mol. The van der Waals surface area contributed by atoms with E-state index in [9.17, 15) is 10.2 Å². The highest BCUT2D eigenvalue weighted by Crippen LogP contribution is 2.33. The lowest BCUT2D eigenvalue weighted by Crippen LogP contribution is -2.36. The van der Waals surface area contributed by atoms with Crippen molar-refractivity contribution in [2.75, 3.05) is 13.2 Å². The van der Waals surface area contributed by atoms with Crippen molar-refractivity contribution in [3.05, 3.63) is 34.3 Å². The molecule has 2 N–H and O–H groups in total. The van der Waals surface area contributed by atoms with Crippen LogP contribution in [0, 0.1) is 5.92 Å². The van der Waals surface area contributed by atoms with E-state index in [1.165, 1.54) is 0 Å². The van der Waals surface area contributed by atoms with Gasteiger partial charge in [0.15, 0.2) is 0 Å². The molecule has 0 aromatic heterocycles. The highest BCUT2D eigenvalue weighted by atomic mass is 79.9. The summed E-state index contributed by atoms with van der Waals surface area (Å²) in [7, 11) is 0. The summed E-state index contributed by atoms with van der Waals surface area (Å²) >= 11 is 3.43.